The number of aromatic amines is 2. The number of aryl methyl sites for hydroxylation is 1. The normalized spacial score (nSPS) is 17.5. The maximum absolute atomic E-state index is 12.8. The molecule has 3 heterocycles. The maximum Gasteiger partial charge on any atom is 0.223 e. The number of fused-ring (bicyclic) bond motifs is 1. The van der Waals surface area contributed by atoms with Crippen molar-refractivity contribution >= 4 is 16.9 Å². The molecule has 0 spiro atoms. The van der Waals surface area contributed by atoms with Crippen molar-refractivity contribution in [3.63, 3.8) is 0 Å². The first-order valence-electron chi connectivity index (χ1n) is 9.27. The van der Waals surface area contributed by atoms with Crippen LogP contribution in [0.3, 0.4) is 0 Å². The molecule has 3 aromatic rings. The highest BCUT2D eigenvalue weighted by molar-refractivity contribution is 5.78. The standard InChI is InChI=1S/C19H24N6O/c1-12(2)18-22-19(24-23-18)15-8-5-11-25(15)17(26)10-9-16-20-13-6-3-4-7-14(13)21-16/h3-4,6-7,12,15H,5,8-11H2,1-2H3,(H,20,21)(H,22,23,24). The van der Waals surface area contributed by atoms with Gasteiger partial charge in [-0.1, -0.05) is 26.0 Å². The number of H-pyrrole nitrogens is 2. The first-order valence-corrected chi connectivity index (χ1v) is 9.27. The Morgan fingerprint density at radius 3 is 2.92 bits per heavy atom. The molecule has 1 aliphatic heterocycles. The summed E-state index contributed by atoms with van der Waals surface area (Å²) >= 11 is 0. The highest BCUT2D eigenvalue weighted by Crippen LogP contribution is 2.31. The number of amides is 1. The third kappa shape index (κ3) is 3.21. The number of imidazole rings is 1. The first kappa shape index (κ1) is 16.8. The summed E-state index contributed by atoms with van der Waals surface area (Å²) in [6, 6.07) is 7.94. The maximum atomic E-state index is 12.8. The second-order valence-corrected chi connectivity index (χ2v) is 7.18. The summed E-state index contributed by atoms with van der Waals surface area (Å²) in [6.07, 6.45) is 2.99. The van der Waals surface area contributed by atoms with E-state index in [9.17, 15) is 4.79 Å². The molecule has 0 radical (unpaired) electrons. The van der Waals surface area contributed by atoms with Crippen LogP contribution in [0.2, 0.25) is 0 Å². The Balaban J connectivity index is 1.42. The van der Waals surface area contributed by atoms with Crippen LogP contribution in [-0.4, -0.2) is 42.5 Å². The molecule has 0 bridgehead atoms. The van der Waals surface area contributed by atoms with Gasteiger partial charge in [-0.3, -0.25) is 9.89 Å². The lowest BCUT2D eigenvalue weighted by Crippen LogP contribution is -2.31. The third-order valence-corrected chi connectivity index (χ3v) is 4.94. The Morgan fingerprint density at radius 2 is 2.15 bits per heavy atom. The number of nitrogens with one attached hydrogen (secondary N) is 2. The SMILES string of the molecule is CC(C)c1n[nH]c(C2CCCN2C(=O)CCc2nc3ccccc3[nH]2)n1. The number of hydrogen-bond acceptors (Lipinski definition) is 4. The number of aromatic nitrogens is 5. The number of hydrogen-bond donors (Lipinski definition) is 2. The van der Waals surface area contributed by atoms with Crippen molar-refractivity contribution < 1.29 is 4.79 Å². The van der Waals surface area contributed by atoms with Gasteiger partial charge in [-0.2, -0.15) is 5.10 Å². The zero-order valence-electron chi connectivity index (χ0n) is 15.2. The molecule has 4 rings (SSSR count). The molecule has 1 aliphatic rings. The molecule has 2 N–H and O–H groups in total. The fraction of sp³-hybridized carbons (Fsp3) is 0.474. The van der Waals surface area contributed by atoms with E-state index in [1.54, 1.807) is 0 Å². The molecule has 2 aromatic heterocycles. The molecule has 136 valence electrons. The van der Waals surface area contributed by atoms with E-state index in [-0.39, 0.29) is 17.9 Å². The minimum absolute atomic E-state index is 0.0122. The Hall–Kier alpha value is -2.70. The van der Waals surface area contributed by atoms with Crippen molar-refractivity contribution in [2.45, 2.75) is 51.5 Å². The van der Waals surface area contributed by atoms with Gasteiger partial charge >= 0.3 is 0 Å². The molecule has 0 aliphatic carbocycles. The van der Waals surface area contributed by atoms with E-state index >= 15 is 0 Å². The van der Waals surface area contributed by atoms with Crippen LogP contribution in [0.1, 0.15) is 62.5 Å². The predicted octanol–water partition coefficient (Wildman–Crippen LogP) is 3.10. The summed E-state index contributed by atoms with van der Waals surface area (Å²) in [4.78, 5) is 27.2. The smallest absolute Gasteiger partial charge is 0.223 e. The van der Waals surface area contributed by atoms with Gasteiger partial charge in [0.05, 0.1) is 17.1 Å². The lowest BCUT2D eigenvalue weighted by Gasteiger charge is -2.22. The highest BCUT2D eigenvalue weighted by atomic mass is 16.2. The van der Waals surface area contributed by atoms with Crippen molar-refractivity contribution in [1.29, 1.82) is 0 Å². The number of carbonyl (C=O) groups excluding carboxylic acids is 1. The predicted molar refractivity (Wildman–Crippen MR) is 98.6 cm³/mol. The minimum atomic E-state index is 0.0122. The van der Waals surface area contributed by atoms with Gasteiger partial charge in [0.25, 0.3) is 0 Å². The summed E-state index contributed by atoms with van der Waals surface area (Å²) < 4.78 is 0. The summed E-state index contributed by atoms with van der Waals surface area (Å²) in [5.41, 5.74) is 1.95. The number of likely N-dealkylation sites (tertiary alicyclic amines) is 1. The van der Waals surface area contributed by atoms with E-state index in [1.807, 2.05) is 29.2 Å². The second-order valence-electron chi connectivity index (χ2n) is 7.18. The zero-order chi connectivity index (χ0) is 18.1. The molecular weight excluding hydrogens is 328 g/mol. The summed E-state index contributed by atoms with van der Waals surface area (Å²) in [5, 5.41) is 7.31. The molecular formula is C19H24N6O. The number of carbonyl (C=O) groups is 1. The van der Waals surface area contributed by atoms with E-state index in [4.69, 9.17) is 0 Å². The Labute approximate surface area is 152 Å². The van der Waals surface area contributed by atoms with Crippen LogP contribution < -0.4 is 0 Å². The van der Waals surface area contributed by atoms with Crippen LogP contribution in [0.4, 0.5) is 0 Å². The molecule has 26 heavy (non-hydrogen) atoms. The molecule has 1 aromatic carbocycles. The topological polar surface area (TPSA) is 90.6 Å². The van der Waals surface area contributed by atoms with Crippen molar-refractivity contribution in [2.24, 2.45) is 0 Å². The molecule has 1 saturated heterocycles. The molecule has 7 heteroatoms. The van der Waals surface area contributed by atoms with Crippen LogP contribution >= 0.6 is 0 Å². The van der Waals surface area contributed by atoms with E-state index in [0.29, 0.717) is 12.8 Å². The first-order chi connectivity index (χ1) is 12.6. The molecule has 0 saturated carbocycles. The number of nitrogens with zero attached hydrogens (tertiary/aromatic N) is 4. The summed E-state index contributed by atoms with van der Waals surface area (Å²) in [7, 11) is 0. The van der Waals surface area contributed by atoms with E-state index in [1.165, 1.54) is 0 Å². The second kappa shape index (κ2) is 6.90. The number of para-hydroxylation sites is 2. The van der Waals surface area contributed by atoms with Crippen molar-refractivity contribution in [3.05, 3.63) is 41.7 Å². The fourth-order valence-electron chi connectivity index (χ4n) is 3.54. The molecule has 1 amide bonds. The zero-order valence-corrected chi connectivity index (χ0v) is 15.2. The average molecular weight is 352 g/mol. The summed E-state index contributed by atoms with van der Waals surface area (Å²) in [5.74, 6) is 2.90. The minimum Gasteiger partial charge on any atom is -0.342 e. The van der Waals surface area contributed by atoms with Gasteiger partial charge in [0, 0.05) is 25.3 Å². The Morgan fingerprint density at radius 1 is 1.31 bits per heavy atom. The van der Waals surface area contributed by atoms with Gasteiger partial charge in [0.15, 0.2) is 5.82 Å². The highest BCUT2D eigenvalue weighted by Gasteiger charge is 2.32. The van der Waals surface area contributed by atoms with Gasteiger partial charge in [-0.25, -0.2) is 9.97 Å². The quantitative estimate of drug-likeness (QED) is 0.738. The van der Waals surface area contributed by atoms with Crippen molar-refractivity contribution in [2.75, 3.05) is 6.54 Å². The van der Waals surface area contributed by atoms with Gasteiger partial charge in [-0.15, -0.1) is 0 Å². The number of rotatable bonds is 5. The van der Waals surface area contributed by atoms with Crippen LogP contribution in [-0.2, 0) is 11.2 Å². The summed E-state index contributed by atoms with van der Waals surface area (Å²) in [6.45, 7) is 4.91. The van der Waals surface area contributed by atoms with Gasteiger partial charge < -0.3 is 9.88 Å². The van der Waals surface area contributed by atoms with Crippen molar-refractivity contribution in [1.82, 2.24) is 30.0 Å². The molecule has 1 fully saturated rings. The van der Waals surface area contributed by atoms with Crippen molar-refractivity contribution in [3.8, 4) is 0 Å². The molecule has 1 atom stereocenters. The Bertz CT molecular complexity index is 879. The van der Waals surface area contributed by atoms with E-state index in [0.717, 1.165) is 47.9 Å². The molecule has 1 unspecified atom stereocenters. The third-order valence-electron chi connectivity index (χ3n) is 4.94. The van der Waals surface area contributed by atoms with Gasteiger partial charge in [0.2, 0.25) is 5.91 Å². The molecule has 7 nitrogen and oxygen atoms in total. The van der Waals surface area contributed by atoms with Crippen LogP contribution in [0.15, 0.2) is 24.3 Å². The van der Waals surface area contributed by atoms with Crippen LogP contribution in [0, 0.1) is 0 Å². The largest absolute Gasteiger partial charge is 0.342 e. The van der Waals surface area contributed by atoms with Gasteiger partial charge in [-0.05, 0) is 25.0 Å². The fourth-order valence-corrected chi connectivity index (χ4v) is 3.54. The van der Waals surface area contributed by atoms with E-state index in [2.05, 4.69) is 39.0 Å². The van der Waals surface area contributed by atoms with Crippen LogP contribution in [0.5, 0.6) is 0 Å². The van der Waals surface area contributed by atoms with Gasteiger partial charge in [0.1, 0.15) is 11.6 Å². The number of benzene rings is 1. The lowest BCUT2D eigenvalue weighted by atomic mass is 10.2. The monoisotopic (exact) mass is 352 g/mol. The van der Waals surface area contributed by atoms with Crippen LogP contribution in [0.25, 0.3) is 11.0 Å². The van der Waals surface area contributed by atoms with E-state index < -0.39 is 0 Å². The average Bonchev–Trinajstić information content (AvgIpc) is 3.37. The lowest BCUT2D eigenvalue weighted by molar-refractivity contribution is -0.132. The Kier molecular flexibility index (Phi) is 4.44.